The number of anilines is 1. The number of fused-ring (bicyclic) bond motifs is 1. The monoisotopic (exact) mass is 435 g/mol. The lowest BCUT2D eigenvalue weighted by atomic mass is 10.0. The van der Waals surface area contributed by atoms with Crippen LogP contribution in [0.15, 0.2) is 29.2 Å². The second-order valence-electron chi connectivity index (χ2n) is 6.88. The number of hydrogen-bond acceptors (Lipinski definition) is 6. The summed E-state index contributed by atoms with van der Waals surface area (Å²) in [6.45, 7) is 4.08. The highest BCUT2D eigenvalue weighted by molar-refractivity contribution is 7.92. The number of nitrogens with zero attached hydrogens (tertiary/aromatic N) is 1. The Balaban J connectivity index is 1.82. The van der Waals surface area contributed by atoms with Crippen molar-refractivity contribution in [2.24, 2.45) is 5.73 Å². The summed E-state index contributed by atoms with van der Waals surface area (Å²) in [5, 5.41) is 2.75. The summed E-state index contributed by atoms with van der Waals surface area (Å²) in [4.78, 5) is 38.5. The van der Waals surface area contributed by atoms with Gasteiger partial charge in [-0.05, 0) is 31.0 Å². The van der Waals surface area contributed by atoms with Gasteiger partial charge in [0.2, 0.25) is 11.8 Å². The number of hydrogen-bond donors (Lipinski definition) is 2. The molecule has 0 saturated carbocycles. The van der Waals surface area contributed by atoms with E-state index < -0.39 is 27.4 Å². The van der Waals surface area contributed by atoms with Crippen LogP contribution >= 0.6 is 11.3 Å². The maximum absolute atomic E-state index is 12.5. The van der Waals surface area contributed by atoms with Crippen molar-refractivity contribution >= 4 is 43.9 Å². The van der Waals surface area contributed by atoms with Crippen LogP contribution in [-0.4, -0.2) is 43.3 Å². The molecule has 8 nitrogen and oxygen atoms in total. The van der Waals surface area contributed by atoms with E-state index in [9.17, 15) is 22.8 Å². The number of thiophene rings is 1. The number of carbonyl (C=O) groups is 3. The van der Waals surface area contributed by atoms with E-state index >= 15 is 0 Å². The second-order valence-corrected chi connectivity index (χ2v) is 9.98. The number of primary amides is 1. The first kappa shape index (κ1) is 21.0. The van der Waals surface area contributed by atoms with Crippen LogP contribution in [0.4, 0.5) is 5.00 Å². The molecule has 1 aliphatic heterocycles. The maximum Gasteiger partial charge on any atom is 0.251 e. The van der Waals surface area contributed by atoms with E-state index in [1.165, 1.54) is 19.1 Å². The molecule has 10 heteroatoms. The third-order valence-electron chi connectivity index (χ3n) is 4.70. The fourth-order valence-corrected chi connectivity index (χ4v) is 5.60. The third-order valence-corrected chi connectivity index (χ3v) is 7.47. The summed E-state index contributed by atoms with van der Waals surface area (Å²) in [6.07, 6.45) is 0.446. The lowest BCUT2D eigenvalue weighted by molar-refractivity contribution is -0.129. The minimum absolute atomic E-state index is 0.0518. The SMILES string of the molecule is CC(=O)N1CCc2c(sc(NC(=O)CS(=O)(=O)c3ccc(C)cc3)c2C(N)=O)C1. The Labute approximate surface area is 172 Å². The number of nitrogens with one attached hydrogen (secondary N) is 1. The largest absolute Gasteiger partial charge is 0.365 e. The smallest absolute Gasteiger partial charge is 0.251 e. The molecular formula is C19H21N3O5S2. The Bertz CT molecular complexity index is 1090. The van der Waals surface area contributed by atoms with Crippen molar-refractivity contribution in [1.29, 1.82) is 0 Å². The molecule has 2 heterocycles. The maximum atomic E-state index is 12.5. The summed E-state index contributed by atoms with van der Waals surface area (Å²) in [5.41, 5.74) is 7.30. The van der Waals surface area contributed by atoms with Crippen LogP contribution < -0.4 is 11.1 Å². The first-order valence-electron chi connectivity index (χ1n) is 8.87. The van der Waals surface area contributed by atoms with Gasteiger partial charge in [-0.1, -0.05) is 17.7 Å². The van der Waals surface area contributed by atoms with E-state index in [2.05, 4.69) is 5.32 Å². The van der Waals surface area contributed by atoms with Crippen molar-refractivity contribution in [3.63, 3.8) is 0 Å². The first-order valence-corrected chi connectivity index (χ1v) is 11.3. The highest BCUT2D eigenvalue weighted by Gasteiger charge is 2.29. The molecule has 2 aromatic rings. The van der Waals surface area contributed by atoms with Gasteiger partial charge < -0.3 is 16.0 Å². The zero-order chi connectivity index (χ0) is 21.3. The number of sulfone groups is 1. The van der Waals surface area contributed by atoms with Crippen LogP contribution in [0.3, 0.4) is 0 Å². The molecule has 0 radical (unpaired) electrons. The van der Waals surface area contributed by atoms with E-state index in [0.29, 0.717) is 25.1 Å². The van der Waals surface area contributed by atoms with Crippen LogP contribution in [-0.2, 0) is 32.4 Å². The Hall–Kier alpha value is -2.72. The quantitative estimate of drug-likeness (QED) is 0.735. The zero-order valence-corrected chi connectivity index (χ0v) is 17.7. The van der Waals surface area contributed by atoms with Gasteiger partial charge in [-0.2, -0.15) is 0 Å². The van der Waals surface area contributed by atoms with Gasteiger partial charge >= 0.3 is 0 Å². The van der Waals surface area contributed by atoms with E-state index in [4.69, 9.17) is 5.73 Å². The predicted octanol–water partition coefficient (Wildman–Crippen LogP) is 1.47. The predicted molar refractivity (Wildman–Crippen MR) is 109 cm³/mol. The Morgan fingerprint density at radius 2 is 1.86 bits per heavy atom. The Kier molecular flexibility index (Phi) is 5.76. The highest BCUT2D eigenvalue weighted by Crippen LogP contribution is 2.37. The van der Waals surface area contributed by atoms with Gasteiger partial charge in [0.1, 0.15) is 10.8 Å². The van der Waals surface area contributed by atoms with Crippen molar-refractivity contribution in [3.05, 3.63) is 45.8 Å². The summed E-state index contributed by atoms with van der Waals surface area (Å²) in [6, 6.07) is 6.22. The third kappa shape index (κ3) is 4.48. The number of amides is 3. The van der Waals surface area contributed by atoms with Crippen LogP contribution in [0.5, 0.6) is 0 Å². The Morgan fingerprint density at radius 3 is 2.45 bits per heavy atom. The molecule has 3 N–H and O–H groups in total. The number of nitrogens with two attached hydrogens (primary N) is 1. The number of carbonyl (C=O) groups excluding carboxylic acids is 3. The molecule has 0 bridgehead atoms. The fraction of sp³-hybridized carbons (Fsp3) is 0.316. The average molecular weight is 436 g/mol. The first-order chi connectivity index (χ1) is 13.6. The highest BCUT2D eigenvalue weighted by atomic mass is 32.2. The van der Waals surface area contributed by atoms with Gasteiger partial charge in [0, 0.05) is 18.3 Å². The van der Waals surface area contributed by atoms with Crippen LogP contribution in [0, 0.1) is 6.92 Å². The topological polar surface area (TPSA) is 127 Å². The van der Waals surface area contributed by atoms with Crippen LogP contribution in [0.2, 0.25) is 0 Å². The fourth-order valence-electron chi connectivity index (χ4n) is 3.19. The molecule has 1 aromatic heterocycles. The van der Waals surface area contributed by atoms with Crippen molar-refractivity contribution in [3.8, 4) is 0 Å². The van der Waals surface area contributed by atoms with Crippen molar-refractivity contribution in [2.45, 2.75) is 31.7 Å². The van der Waals surface area contributed by atoms with Gasteiger partial charge in [0.25, 0.3) is 5.91 Å². The minimum Gasteiger partial charge on any atom is -0.365 e. The molecule has 154 valence electrons. The molecule has 1 aromatic carbocycles. The molecule has 3 amide bonds. The standard InChI is InChI=1S/C19H21N3O5S2/c1-11-3-5-13(6-4-11)29(26,27)10-16(24)21-19-17(18(20)25)14-7-8-22(12(2)23)9-15(14)28-19/h3-6H,7-10H2,1-2H3,(H2,20,25)(H,21,24). The summed E-state index contributed by atoms with van der Waals surface area (Å²) in [5.74, 6) is -2.29. The van der Waals surface area contributed by atoms with Gasteiger partial charge in [-0.3, -0.25) is 14.4 Å². The van der Waals surface area contributed by atoms with E-state index in [0.717, 1.165) is 21.8 Å². The van der Waals surface area contributed by atoms with Crippen molar-refractivity contribution < 1.29 is 22.8 Å². The zero-order valence-electron chi connectivity index (χ0n) is 16.0. The molecular weight excluding hydrogens is 414 g/mol. The van der Waals surface area contributed by atoms with Gasteiger partial charge in [-0.25, -0.2) is 8.42 Å². The minimum atomic E-state index is -3.83. The number of rotatable bonds is 5. The van der Waals surface area contributed by atoms with Crippen LogP contribution in [0.1, 0.15) is 33.3 Å². The number of benzene rings is 1. The molecule has 3 rings (SSSR count). The summed E-state index contributed by atoms with van der Waals surface area (Å²) in [7, 11) is -3.83. The molecule has 29 heavy (non-hydrogen) atoms. The molecule has 0 spiro atoms. The molecule has 0 saturated heterocycles. The van der Waals surface area contributed by atoms with E-state index in [1.54, 1.807) is 17.0 Å². The summed E-state index contributed by atoms with van der Waals surface area (Å²) < 4.78 is 25.0. The summed E-state index contributed by atoms with van der Waals surface area (Å²) >= 11 is 1.14. The van der Waals surface area contributed by atoms with Gasteiger partial charge in [-0.15, -0.1) is 11.3 Å². The lowest BCUT2D eigenvalue weighted by Gasteiger charge is -2.25. The van der Waals surface area contributed by atoms with Gasteiger partial charge in [0.05, 0.1) is 17.0 Å². The normalized spacial score (nSPS) is 13.7. The Morgan fingerprint density at radius 1 is 1.21 bits per heavy atom. The van der Waals surface area contributed by atoms with E-state index in [-0.39, 0.29) is 21.4 Å². The number of aryl methyl sites for hydroxylation is 1. The van der Waals surface area contributed by atoms with Crippen molar-refractivity contribution in [2.75, 3.05) is 17.6 Å². The van der Waals surface area contributed by atoms with Crippen molar-refractivity contribution in [1.82, 2.24) is 4.90 Å². The molecule has 0 unspecified atom stereocenters. The second kappa shape index (κ2) is 7.96. The molecule has 0 aliphatic carbocycles. The molecule has 0 fully saturated rings. The molecule has 1 aliphatic rings. The average Bonchev–Trinajstić information content (AvgIpc) is 2.98. The lowest BCUT2D eigenvalue weighted by Crippen LogP contribution is -2.34. The van der Waals surface area contributed by atoms with E-state index in [1.807, 2.05) is 6.92 Å². The van der Waals surface area contributed by atoms with Gasteiger partial charge in [0.15, 0.2) is 9.84 Å². The molecule has 0 atom stereocenters. The van der Waals surface area contributed by atoms with Crippen LogP contribution in [0.25, 0.3) is 0 Å².